The molecule has 1 saturated carbocycles. The van der Waals surface area contributed by atoms with Gasteiger partial charge in [-0.15, -0.1) is 22.7 Å². The number of hydrogen-bond donors (Lipinski definition) is 0. The molecule has 0 unspecified atom stereocenters. The van der Waals surface area contributed by atoms with Gasteiger partial charge in [0.1, 0.15) is 0 Å². The number of amidine groups is 1. The molecule has 7 heteroatoms. The van der Waals surface area contributed by atoms with Crippen molar-refractivity contribution in [1.29, 1.82) is 0 Å². The number of nitrogens with zero attached hydrogens (tertiary/aromatic N) is 3. The van der Waals surface area contributed by atoms with E-state index in [-0.39, 0.29) is 11.9 Å². The molecular formula is C17H17N3OS3. The third kappa shape index (κ3) is 3.34. The van der Waals surface area contributed by atoms with Crippen molar-refractivity contribution in [2.75, 3.05) is 0 Å². The number of aliphatic imine (C=N–C) groups is 1. The van der Waals surface area contributed by atoms with Crippen molar-refractivity contribution in [3.63, 3.8) is 0 Å². The Balaban J connectivity index is 1.68. The van der Waals surface area contributed by atoms with Gasteiger partial charge in [-0.3, -0.25) is 9.69 Å². The molecular weight excluding hydrogens is 358 g/mol. The lowest BCUT2D eigenvalue weighted by molar-refractivity contribution is -0.124. The molecule has 2 aromatic rings. The van der Waals surface area contributed by atoms with E-state index in [1.165, 1.54) is 42.4 Å². The number of carbonyl (C=O) groups is 1. The zero-order valence-electron chi connectivity index (χ0n) is 13.1. The molecule has 0 radical (unpaired) electrons. The molecule has 2 aromatic heterocycles. The fourth-order valence-electron chi connectivity index (χ4n) is 3.08. The molecule has 24 heavy (non-hydrogen) atoms. The molecule has 0 spiro atoms. The lowest BCUT2D eigenvalue weighted by atomic mass is 9.94. The maximum atomic E-state index is 13.0. The number of amides is 1. The second kappa shape index (κ2) is 7.21. The van der Waals surface area contributed by atoms with Gasteiger partial charge in [0, 0.05) is 22.5 Å². The Morgan fingerprint density at radius 1 is 1.21 bits per heavy atom. The van der Waals surface area contributed by atoms with Crippen LogP contribution < -0.4 is 0 Å². The molecule has 0 bridgehead atoms. The van der Waals surface area contributed by atoms with Gasteiger partial charge < -0.3 is 0 Å². The summed E-state index contributed by atoms with van der Waals surface area (Å²) in [5.41, 5.74) is 0. The van der Waals surface area contributed by atoms with Gasteiger partial charge in [-0.25, -0.2) is 4.98 Å². The molecule has 4 rings (SSSR count). The molecule has 0 N–H and O–H groups in total. The lowest BCUT2D eigenvalue weighted by Crippen LogP contribution is -2.40. The zero-order valence-corrected chi connectivity index (χ0v) is 15.5. The summed E-state index contributed by atoms with van der Waals surface area (Å²) in [5.74, 6) is 0.0932. The molecule has 1 aliphatic heterocycles. The number of thiophene rings is 1. The van der Waals surface area contributed by atoms with Gasteiger partial charge in [-0.05, 0) is 42.1 Å². The van der Waals surface area contributed by atoms with Crippen LogP contribution >= 0.6 is 34.4 Å². The molecule has 3 heterocycles. The number of rotatable bonds is 3. The fraction of sp³-hybridized carbons (Fsp3) is 0.353. The highest BCUT2D eigenvalue weighted by molar-refractivity contribution is 8.18. The van der Waals surface area contributed by atoms with Crippen molar-refractivity contribution in [2.24, 2.45) is 4.99 Å². The highest BCUT2D eigenvalue weighted by atomic mass is 32.2. The Kier molecular flexibility index (Phi) is 4.82. The summed E-state index contributed by atoms with van der Waals surface area (Å²) in [6, 6.07) is 4.31. The highest BCUT2D eigenvalue weighted by Crippen LogP contribution is 2.39. The molecule has 1 saturated heterocycles. The van der Waals surface area contributed by atoms with E-state index in [0.29, 0.717) is 5.13 Å². The molecule has 1 aliphatic carbocycles. The molecule has 4 nitrogen and oxygen atoms in total. The quantitative estimate of drug-likeness (QED) is 0.698. The van der Waals surface area contributed by atoms with Crippen molar-refractivity contribution >= 4 is 56.7 Å². The monoisotopic (exact) mass is 375 g/mol. The van der Waals surface area contributed by atoms with Crippen LogP contribution in [-0.4, -0.2) is 27.0 Å². The predicted octanol–water partition coefficient (Wildman–Crippen LogP) is 5.14. The number of hydrogen-bond acceptors (Lipinski definition) is 6. The molecule has 1 amide bonds. The van der Waals surface area contributed by atoms with E-state index >= 15 is 0 Å². The first-order valence-corrected chi connectivity index (χ1v) is 10.6. The largest absolute Gasteiger partial charge is 0.283 e. The third-order valence-electron chi connectivity index (χ3n) is 4.20. The summed E-state index contributed by atoms with van der Waals surface area (Å²) in [4.78, 5) is 25.7. The molecule has 0 atom stereocenters. The van der Waals surface area contributed by atoms with Crippen LogP contribution in [0.15, 0.2) is 39.0 Å². The number of thioether (sulfide) groups is 1. The van der Waals surface area contributed by atoms with Crippen molar-refractivity contribution in [3.8, 4) is 0 Å². The number of carbonyl (C=O) groups excluding carboxylic acids is 1. The van der Waals surface area contributed by atoms with Gasteiger partial charge in [-0.1, -0.05) is 25.3 Å². The average Bonchev–Trinajstić information content (AvgIpc) is 3.33. The highest BCUT2D eigenvalue weighted by Gasteiger charge is 2.38. The van der Waals surface area contributed by atoms with Crippen LogP contribution in [0.3, 0.4) is 0 Å². The Labute approximate surface area is 153 Å². The molecule has 124 valence electrons. The first kappa shape index (κ1) is 16.1. The van der Waals surface area contributed by atoms with Crippen LogP contribution in [0.25, 0.3) is 6.08 Å². The summed E-state index contributed by atoms with van der Waals surface area (Å²) in [7, 11) is 0. The van der Waals surface area contributed by atoms with Gasteiger partial charge in [0.15, 0.2) is 5.17 Å². The van der Waals surface area contributed by atoms with E-state index in [2.05, 4.69) is 9.98 Å². The minimum atomic E-state index is 0.0932. The minimum absolute atomic E-state index is 0.0932. The summed E-state index contributed by atoms with van der Waals surface area (Å²) >= 11 is 4.62. The topological polar surface area (TPSA) is 45.6 Å². The van der Waals surface area contributed by atoms with Crippen LogP contribution in [0.2, 0.25) is 0 Å². The van der Waals surface area contributed by atoms with Gasteiger partial charge in [-0.2, -0.15) is 4.99 Å². The first-order chi connectivity index (χ1) is 11.8. The van der Waals surface area contributed by atoms with Crippen LogP contribution in [0, 0.1) is 0 Å². The summed E-state index contributed by atoms with van der Waals surface area (Å²) in [6.45, 7) is 0. The van der Waals surface area contributed by atoms with E-state index in [1.54, 1.807) is 17.5 Å². The Morgan fingerprint density at radius 3 is 2.79 bits per heavy atom. The first-order valence-electron chi connectivity index (χ1n) is 8.06. The Morgan fingerprint density at radius 2 is 2.08 bits per heavy atom. The van der Waals surface area contributed by atoms with E-state index in [0.717, 1.165) is 27.8 Å². The maximum absolute atomic E-state index is 13.0. The van der Waals surface area contributed by atoms with Gasteiger partial charge in [0.05, 0.1) is 4.91 Å². The van der Waals surface area contributed by atoms with Crippen LogP contribution in [-0.2, 0) is 4.79 Å². The van der Waals surface area contributed by atoms with Crippen molar-refractivity contribution in [3.05, 3.63) is 38.9 Å². The second-order valence-electron chi connectivity index (χ2n) is 5.80. The zero-order chi connectivity index (χ0) is 16.4. The van der Waals surface area contributed by atoms with E-state index in [1.807, 2.05) is 33.9 Å². The summed E-state index contributed by atoms with van der Waals surface area (Å²) in [6.07, 6.45) is 9.51. The predicted molar refractivity (Wildman–Crippen MR) is 103 cm³/mol. The molecule has 2 aliphatic rings. The van der Waals surface area contributed by atoms with Crippen LogP contribution in [0.1, 0.15) is 37.0 Å². The number of thiazole rings is 1. The molecule has 0 aromatic carbocycles. The third-order valence-corrected chi connectivity index (χ3v) is 6.67. The van der Waals surface area contributed by atoms with E-state index in [4.69, 9.17) is 0 Å². The second-order valence-corrected chi connectivity index (χ2v) is 8.66. The van der Waals surface area contributed by atoms with Gasteiger partial charge in [0.25, 0.3) is 5.91 Å². The summed E-state index contributed by atoms with van der Waals surface area (Å²) < 4.78 is 0. The van der Waals surface area contributed by atoms with Crippen molar-refractivity contribution in [1.82, 2.24) is 9.88 Å². The summed E-state index contributed by atoms with van der Waals surface area (Å²) in [5, 5.41) is 5.43. The Hall–Kier alpha value is -1.44. The van der Waals surface area contributed by atoms with E-state index in [9.17, 15) is 4.79 Å². The standard InChI is InChI=1S/C17H17N3OS3/c21-15-14(11-13-7-4-9-22-13)24-17(19-16-18-8-10-23-16)20(15)12-5-2-1-3-6-12/h4,7-12H,1-3,5-6H2/b14-11+,19-17+. The van der Waals surface area contributed by atoms with Crippen LogP contribution in [0.5, 0.6) is 0 Å². The van der Waals surface area contributed by atoms with E-state index < -0.39 is 0 Å². The minimum Gasteiger partial charge on any atom is -0.283 e. The normalized spacial score (nSPS) is 22.8. The van der Waals surface area contributed by atoms with Gasteiger partial charge in [0.2, 0.25) is 5.13 Å². The number of aromatic nitrogens is 1. The van der Waals surface area contributed by atoms with Crippen molar-refractivity contribution < 1.29 is 4.79 Å². The average molecular weight is 376 g/mol. The molecule has 2 fully saturated rings. The smallest absolute Gasteiger partial charge is 0.267 e. The fourth-order valence-corrected chi connectivity index (χ4v) is 5.41. The Bertz CT molecular complexity index is 759. The lowest BCUT2D eigenvalue weighted by Gasteiger charge is -2.30. The van der Waals surface area contributed by atoms with Crippen molar-refractivity contribution in [2.45, 2.75) is 38.1 Å². The maximum Gasteiger partial charge on any atom is 0.267 e. The van der Waals surface area contributed by atoms with Gasteiger partial charge >= 0.3 is 0 Å². The SMILES string of the molecule is O=C1/C(=C\c2cccs2)S/C(=N/c2nccs2)N1C1CCCCC1. The van der Waals surface area contributed by atoms with Crippen LogP contribution in [0.4, 0.5) is 5.13 Å².